The Bertz CT molecular complexity index is 643. The zero-order valence-electron chi connectivity index (χ0n) is 9.14. The van der Waals surface area contributed by atoms with Crippen molar-refractivity contribution in [3.05, 3.63) is 39.3 Å². The zero-order valence-corrected chi connectivity index (χ0v) is 9.14. The number of pyridine rings is 2. The van der Waals surface area contributed by atoms with Gasteiger partial charge in [0.2, 0.25) is 0 Å². The van der Waals surface area contributed by atoms with Gasteiger partial charge in [0, 0.05) is 10.9 Å². The molecule has 2 aromatic rings. The Kier molecular flexibility index (Phi) is 2.45. The van der Waals surface area contributed by atoms with Gasteiger partial charge < -0.3 is 4.98 Å². The van der Waals surface area contributed by atoms with E-state index in [0.717, 1.165) is 0 Å². The lowest BCUT2D eigenvalue weighted by molar-refractivity contribution is -0.141. The van der Waals surface area contributed by atoms with E-state index < -0.39 is 17.4 Å². The second-order valence-corrected chi connectivity index (χ2v) is 3.87. The SMILES string of the molecule is Cc1cc2cc(C)c(=O)[nH]c2nc1C(F)(F)F. The van der Waals surface area contributed by atoms with Crippen molar-refractivity contribution >= 4 is 11.0 Å². The molecule has 0 bridgehead atoms. The molecule has 2 heterocycles. The molecule has 6 heteroatoms. The van der Waals surface area contributed by atoms with Crippen LogP contribution in [0.15, 0.2) is 16.9 Å². The summed E-state index contributed by atoms with van der Waals surface area (Å²) >= 11 is 0. The van der Waals surface area contributed by atoms with Crippen LogP contribution in [0.25, 0.3) is 11.0 Å². The van der Waals surface area contributed by atoms with Crippen molar-refractivity contribution in [1.29, 1.82) is 0 Å². The molecule has 1 N–H and O–H groups in total. The molecule has 0 aromatic carbocycles. The van der Waals surface area contributed by atoms with Crippen LogP contribution < -0.4 is 5.56 Å². The summed E-state index contributed by atoms with van der Waals surface area (Å²) in [7, 11) is 0. The fourth-order valence-corrected chi connectivity index (χ4v) is 1.64. The highest BCUT2D eigenvalue weighted by atomic mass is 19.4. The molecular formula is C11H9F3N2O. The maximum Gasteiger partial charge on any atom is 0.433 e. The van der Waals surface area contributed by atoms with E-state index >= 15 is 0 Å². The summed E-state index contributed by atoms with van der Waals surface area (Å²) < 4.78 is 37.8. The molecule has 0 aliphatic rings. The molecule has 0 saturated carbocycles. The van der Waals surface area contributed by atoms with E-state index in [9.17, 15) is 18.0 Å². The van der Waals surface area contributed by atoms with Gasteiger partial charge in [-0.15, -0.1) is 0 Å². The quantitative estimate of drug-likeness (QED) is 0.771. The zero-order chi connectivity index (χ0) is 12.8. The number of alkyl halides is 3. The Hall–Kier alpha value is -1.85. The fraction of sp³-hybridized carbons (Fsp3) is 0.273. The molecule has 0 spiro atoms. The minimum absolute atomic E-state index is 0.0384. The van der Waals surface area contributed by atoms with Crippen molar-refractivity contribution in [3.63, 3.8) is 0 Å². The first-order chi connectivity index (χ1) is 7.79. The molecule has 17 heavy (non-hydrogen) atoms. The number of aromatic amines is 1. The van der Waals surface area contributed by atoms with E-state index in [1.165, 1.54) is 19.1 Å². The maximum absolute atomic E-state index is 12.6. The summed E-state index contributed by atoms with van der Waals surface area (Å²) in [5, 5.41) is 0.493. The Labute approximate surface area is 94.3 Å². The molecule has 0 saturated heterocycles. The number of halogens is 3. The normalized spacial score (nSPS) is 12.1. The predicted molar refractivity (Wildman–Crippen MR) is 56.8 cm³/mol. The van der Waals surface area contributed by atoms with Crippen LogP contribution in [0.5, 0.6) is 0 Å². The third-order valence-corrected chi connectivity index (χ3v) is 2.47. The van der Waals surface area contributed by atoms with E-state index in [0.29, 0.717) is 10.9 Å². The first-order valence-electron chi connectivity index (χ1n) is 4.87. The van der Waals surface area contributed by atoms with Gasteiger partial charge in [0.05, 0.1) is 0 Å². The summed E-state index contributed by atoms with van der Waals surface area (Å²) in [4.78, 5) is 17.1. The van der Waals surface area contributed by atoms with Crippen LogP contribution in [-0.4, -0.2) is 9.97 Å². The Morgan fingerprint density at radius 1 is 1.18 bits per heavy atom. The predicted octanol–water partition coefficient (Wildman–Crippen LogP) is 2.56. The number of rotatable bonds is 0. The number of hydrogen-bond acceptors (Lipinski definition) is 2. The van der Waals surface area contributed by atoms with Crippen molar-refractivity contribution in [2.24, 2.45) is 0 Å². The Morgan fingerprint density at radius 3 is 2.35 bits per heavy atom. The second kappa shape index (κ2) is 3.58. The average molecular weight is 242 g/mol. The van der Waals surface area contributed by atoms with Gasteiger partial charge in [0.1, 0.15) is 11.3 Å². The van der Waals surface area contributed by atoms with E-state index in [1.807, 2.05) is 0 Å². The molecule has 0 aliphatic heterocycles. The van der Waals surface area contributed by atoms with Crippen LogP contribution in [0.4, 0.5) is 13.2 Å². The lowest BCUT2D eigenvalue weighted by Gasteiger charge is -2.10. The lowest BCUT2D eigenvalue weighted by Crippen LogP contribution is -2.14. The Morgan fingerprint density at radius 2 is 1.76 bits per heavy atom. The molecule has 0 aliphatic carbocycles. The third-order valence-electron chi connectivity index (χ3n) is 2.47. The average Bonchev–Trinajstić information content (AvgIpc) is 2.18. The molecule has 3 nitrogen and oxygen atoms in total. The van der Waals surface area contributed by atoms with Crippen molar-refractivity contribution in [1.82, 2.24) is 9.97 Å². The number of aromatic nitrogens is 2. The molecule has 0 radical (unpaired) electrons. The van der Waals surface area contributed by atoms with Gasteiger partial charge in [-0.3, -0.25) is 4.79 Å². The number of hydrogen-bond donors (Lipinski definition) is 1. The van der Waals surface area contributed by atoms with Gasteiger partial charge in [-0.1, -0.05) is 0 Å². The smallest absolute Gasteiger partial charge is 0.306 e. The highest BCUT2D eigenvalue weighted by molar-refractivity contribution is 5.76. The molecule has 0 fully saturated rings. The van der Waals surface area contributed by atoms with Crippen molar-refractivity contribution in [2.75, 3.05) is 0 Å². The first kappa shape index (κ1) is 11.6. The number of nitrogens with one attached hydrogen (secondary N) is 1. The van der Waals surface area contributed by atoms with Gasteiger partial charge in [-0.2, -0.15) is 13.2 Å². The molecular weight excluding hydrogens is 233 g/mol. The summed E-state index contributed by atoms with van der Waals surface area (Å²) in [6, 6.07) is 2.89. The molecule has 2 aromatic heterocycles. The summed E-state index contributed by atoms with van der Waals surface area (Å²) in [6.45, 7) is 2.93. The largest absolute Gasteiger partial charge is 0.433 e. The highest BCUT2D eigenvalue weighted by Gasteiger charge is 2.34. The molecule has 90 valence electrons. The fourth-order valence-electron chi connectivity index (χ4n) is 1.64. The highest BCUT2D eigenvalue weighted by Crippen LogP contribution is 2.31. The topological polar surface area (TPSA) is 45.8 Å². The van der Waals surface area contributed by atoms with Crippen LogP contribution in [0.3, 0.4) is 0 Å². The van der Waals surface area contributed by atoms with E-state index in [2.05, 4.69) is 9.97 Å². The molecule has 0 unspecified atom stereocenters. The molecule has 2 rings (SSSR count). The minimum Gasteiger partial charge on any atom is -0.306 e. The monoisotopic (exact) mass is 242 g/mol. The molecule has 0 atom stereocenters. The maximum atomic E-state index is 12.6. The number of fused-ring (bicyclic) bond motifs is 1. The summed E-state index contributed by atoms with van der Waals surface area (Å²) in [5.74, 6) is 0. The van der Waals surface area contributed by atoms with Gasteiger partial charge in [-0.05, 0) is 31.5 Å². The van der Waals surface area contributed by atoms with Gasteiger partial charge in [0.15, 0.2) is 0 Å². The Balaban J connectivity index is 2.81. The van der Waals surface area contributed by atoms with Gasteiger partial charge in [-0.25, -0.2) is 4.98 Å². The molecule has 0 amide bonds. The number of aryl methyl sites for hydroxylation is 2. The standard InChI is InChI=1S/C11H9F3N2O/c1-5-3-7-4-6(2)10(17)16-9(7)15-8(5)11(12,13)14/h3-4H,1-2H3,(H,15,16,17). The van der Waals surface area contributed by atoms with Crippen LogP contribution in [0.2, 0.25) is 0 Å². The summed E-state index contributed by atoms with van der Waals surface area (Å²) in [5.41, 5.74) is -0.958. The van der Waals surface area contributed by atoms with E-state index in [1.54, 1.807) is 6.92 Å². The van der Waals surface area contributed by atoms with E-state index in [-0.39, 0.29) is 11.2 Å². The second-order valence-electron chi connectivity index (χ2n) is 3.87. The van der Waals surface area contributed by atoms with Crippen LogP contribution in [0, 0.1) is 13.8 Å². The lowest BCUT2D eigenvalue weighted by atomic mass is 10.1. The van der Waals surface area contributed by atoms with Crippen LogP contribution in [-0.2, 0) is 6.18 Å². The van der Waals surface area contributed by atoms with Crippen molar-refractivity contribution in [3.8, 4) is 0 Å². The first-order valence-corrected chi connectivity index (χ1v) is 4.87. The van der Waals surface area contributed by atoms with E-state index in [4.69, 9.17) is 0 Å². The number of nitrogens with zero attached hydrogens (tertiary/aromatic N) is 1. The van der Waals surface area contributed by atoms with Gasteiger partial charge in [0.25, 0.3) is 5.56 Å². The van der Waals surface area contributed by atoms with Crippen LogP contribution in [0.1, 0.15) is 16.8 Å². The van der Waals surface area contributed by atoms with Crippen molar-refractivity contribution < 1.29 is 13.2 Å². The number of H-pyrrole nitrogens is 1. The van der Waals surface area contributed by atoms with Gasteiger partial charge >= 0.3 is 6.18 Å². The minimum atomic E-state index is -4.51. The van der Waals surface area contributed by atoms with Crippen LogP contribution >= 0.6 is 0 Å². The third kappa shape index (κ3) is 2.02. The van der Waals surface area contributed by atoms with Crippen molar-refractivity contribution in [2.45, 2.75) is 20.0 Å². The summed E-state index contributed by atoms with van der Waals surface area (Å²) in [6.07, 6.45) is -4.51.